The molecule has 0 aromatic heterocycles. The third-order valence-corrected chi connectivity index (χ3v) is 4.88. The number of thiol groups is 1. The maximum Gasteiger partial charge on any atom is 0.252 e. The van der Waals surface area contributed by atoms with Gasteiger partial charge in [0.15, 0.2) is 0 Å². The third kappa shape index (κ3) is 3.99. The van der Waals surface area contributed by atoms with Crippen LogP contribution in [-0.4, -0.2) is 12.5 Å². The smallest absolute Gasteiger partial charge is 0.252 e. The average molecular weight is 342 g/mol. The minimum absolute atomic E-state index is 0.0183. The van der Waals surface area contributed by atoms with E-state index in [0.717, 1.165) is 16.9 Å². The number of rotatable bonds is 3. The van der Waals surface area contributed by atoms with Gasteiger partial charge >= 0.3 is 0 Å². The van der Waals surface area contributed by atoms with Crippen LogP contribution in [0.4, 0.5) is 0 Å². The van der Waals surface area contributed by atoms with Crippen molar-refractivity contribution in [2.45, 2.75) is 37.5 Å². The molecule has 0 spiro atoms. The summed E-state index contributed by atoms with van der Waals surface area (Å²) in [6, 6.07) is 5.53. The number of amides is 1. The maximum atomic E-state index is 12.2. The molecular formula is C15H20BrNOS. The normalized spacial score (nSPS) is 23.1. The second-order valence-corrected chi connectivity index (χ2v) is 6.79. The molecule has 4 heteroatoms. The molecule has 2 unspecified atom stereocenters. The van der Waals surface area contributed by atoms with Gasteiger partial charge < -0.3 is 5.32 Å². The number of hydrogen-bond acceptors (Lipinski definition) is 2. The molecule has 0 aliphatic heterocycles. The van der Waals surface area contributed by atoms with Crippen LogP contribution in [0.1, 0.15) is 43.0 Å². The molecule has 0 heterocycles. The Morgan fingerprint density at radius 3 is 2.84 bits per heavy atom. The van der Waals surface area contributed by atoms with Crippen molar-refractivity contribution in [3.8, 4) is 0 Å². The topological polar surface area (TPSA) is 29.1 Å². The molecule has 1 amide bonds. The molecule has 2 rings (SSSR count). The molecule has 1 saturated carbocycles. The van der Waals surface area contributed by atoms with Gasteiger partial charge in [0.2, 0.25) is 0 Å². The van der Waals surface area contributed by atoms with E-state index in [1.165, 1.54) is 25.7 Å². The maximum absolute atomic E-state index is 12.2. The Bertz CT molecular complexity index is 463. The third-order valence-electron chi connectivity index (χ3n) is 4.02. The van der Waals surface area contributed by atoms with Gasteiger partial charge in [-0.05, 0) is 36.5 Å². The van der Waals surface area contributed by atoms with E-state index in [1.54, 1.807) is 0 Å². The van der Waals surface area contributed by atoms with Crippen LogP contribution in [-0.2, 0) is 0 Å². The van der Waals surface area contributed by atoms with Gasteiger partial charge in [-0.2, -0.15) is 0 Å². The summed E-state index contributed by atoms with van der Waals surface area (Å²) >= 11 is 7.73. The van der Waals surface area contributed by atoms with Crippen molar-refractivity contribution in [2.24, 2.45) is 11.8 Å². The van der Waals surface area contributed by atoms with Crippen molar-refractivity contribution in [1.82, 2.24) is 5.32 Å². The standard InChI is InChI=1S/C15H20BrNOS/c1-10-4-2-3-5-11(10)9-17-15(18)13-7-6-12(16)8-14(13)19/h6-8,10-11,19H,2-5,9H2,1H3,(H,17,18). The molecule has 1 N–H and O–H groups in total. The van der Waals surface area contributed by atoms with E-state index in [2.05, 4.69) is 40.8 Å². The largest absolute Gasteiger partial charge is 0.352 e. The van der Waals surface area contributed by atoms with Gasteiger partial charge in [0, 0.05) is 15.9 Å². The first-order valence-corrected chi connectivity index (χ1v) is 8.08. The summed E-state index contributed by atoms with van der Waals surface area (Å²) < 4.78 is 0.940. The van der Waals surface area contributed by atoms with Crippen molar-refractivity contribution < 1.29 is 4.79 Å². The fourth-order valence-corrected chi connectivity index (χ4v) is 3.57. The highest BCUT2D eigenvalue weighted by Crippen LogP contribution is 2.29. The van der Waals surface area contributed by atoms with Crippen molar-refractivity contribution in [1.29, 1.82) is 0 Å². The number of carbonyl (C=O) groups is 1. The molecule has 1 aliphatic rings. The summed E-state index contributed by atoms with van der Waals surface area (Å²) in [5, 5.41) is 3.06. The second-order valence-electron chi connectivity index (χ2n) is 5.39. The molecule has 0 radical (unpaired) electrons. The van der Waals surface area contributed by atoms with Crippen LogP contribution in [0.25, 0.3) is 0 Å². The Hall–Kier alpha value is -0.480. The van der Waals surface area contributed by atoms with E-state index < -0.39 is 0 Å². The highest BCUT2D eigenvalue weighted by Gasteiger charge is 2.22. The van der Waals surface area contributed by atoms with Crippen LogP contribution >= 0.6 is 28.6 Å². The van der Waals surface area contributed by atoms with Crippen LogP contribution in [0.3, 0.4) is 0 Å². The summed E-state index contributed by atoms with van der Waals surface area (Å²) in [6.45, 7) is 3.07. The molecule has 2 atom stereocenters. The van der Waals surface area contributed by atoms with Crippen LogP contribution in [0.2, 0.25) is 0 Å². The zero-order chi connectivity index (χ0) is 13.8. The Labute approximate surface area is 128 Å². The molecule has 1 aliphatic carbocycles. The molecule has 1 aromatic rings. The predicted molar refractivity (Wildman–Crippen MR) is 84.8 cm³/mol. The summed E-state index contributed by atoms with van der Waals surface area (Å²) in [7, 11) is 0. The van der Waals surface area contributed by atoms with Gasteiger partial charge in [0.05, 0.1) is 5.56 Å². The molecular weight excluding hydrogens is 322 g/mol. The van der Waals surface area contributed by atoms with Gasteiger partial charge in [0.25, 0.3) is 5.91 Å². The highest BCUT2D eigenvalue weighted by molar-refractivity contribution is 9.10. The van der Waals surface area contributed by atoms with E-state index in [-0.39, 0.29) is 5.91 Å². The van der Waals surface area contributed by atoms with Crippen LogP contribution in [0, 0.1) is 11.8 Å². The summed E-state index contributed by atoms with van der Waals surface area (Å²) in [6.07, 6.45) is 5.15. The first-order chi connectivity index (χ1) is 9.08. The number of carbonyl (C=O) groups excluding carboxylic acids is 1. The van der Waals surface area contributed by atoms with Gasteiger partial charge in [-0.25, -0.2) is 0 Å². The number of nitrogens with one attached hydrogen (secondary N) is 1. The molecule has 1 fully saturated rings. The van der Waals surface area contributed by atoms with Crippen molar-refractivity contribution >= 4 is 34.5 Å². The van der Waals surface area contributed by atoms with E-state index in [1.807, 2.05) is 18.2 Å². The van der Waals surface area contributed by atoms with Gasteiger partial charge in [-0.3, -0.25) is 4.79 Å². The zero-order valence-corrected chi connectivity index (χ0v) is 13.6. The lowest BCUT2D eigenvalue weighted by Crippen LogP contribution is -2.33. The lowest BCUT2D eigenvalue weighted by Gasteiger charge is -2.28. The number of halogens is 1. The van der Waals surface area contributed by atoms with Crippen molar-refractivity contribution in [3.63, 3.8) is 0 Å². The van der Waals surface area contributed by atoms with Crippen molar-refractivity contribution in [3.05, 3.63) is 28.2 Å². The first-order valence-electron chi connectivity index (χ1n) is 6.84. The molecule has 0 bridgehead atoms. The minimum atomic E-state index is -0.0183. The lowest BCUT2D eigenvalue weighted by molar-refractivity contribution is 0.0933. The quantitative estimate of drug-likeness (QED) is 0.788. The summed E-state index contributed by atoms with van der Waals surface area (Å²) in [5.41, 5.74) is 0.648. The summed E-state index contributed by atoms with van der Waals surface area (Å²) in [4.78, 5) is 12.9. The van der Waals surface area contributed by atoms with Crippen molar-refractivity contribution in [2.75, 3.05) is 6.54 Å². The summed E-state index contributed by atoms with van der Waals surface area (Å²) in [5.74, 6) is 1.32. The fourth-order valence-electron chi connectivity index (χ4n) is 2.71. The first kappa shape index (κ1) is 14.9. The molecule has 104 valence electrons. The van der Waals surface area contributed by atoms with Crippen LogP contribution in [0.15, 0.2) is 27.6 Å². The van der Waals surface area contributed by atoms with Gasteiger partial charge in [-0.1, -0.05) is 42.1 Å². The van der Waals surface area contributed by atoms with Crippen LogP contribution < -0.4 is 5.32 Å². The number of benzene rings is 1. The molecule has 2 nitrogen and oxygen atoms in total. The van der Waals surface area contributed by atoms with E-state index >= 15 is 0 Å². The second kappa shape index (κ2) is 6.80. The molecule has 1 aromatic carbocycles. The number of hydrogen-bond donors (Lipinski definition) is 2. The zero-order valence-electron chi connectivity index (χ0n) is 11.2. The predicted octanol–water partition coefficient (Wildman–Crippen LogP) is 4.29. The van der Waals surface area contributed by atoms with Crippen LogP contribution in [0.5, 0.6) is 0 Å². The van der Waals surface area contributed by atoms with E-state index in [9.17, 15) is 4.79 Å². The minimum Gasteiger partial charge on any atom is -0.352 e. The average Bonchev–Trinajstić information content (AvgIpc) is 2.37. The molecule has 19 heavy (non-hydrogen) atoms. The monoisotopic (exact) mass is 341 g/mol. The fraction of sp³-hybridized carbons (Fsp3) is 0.533. The van der Waals surface area contributed by atoms with E-state index in [4.69, 9.17) is 0 Å². The Kier molecular flexibility index (Phi) is 5.34. The Balaban J connectivity index is 1.93. The van der Waals surface area contributed by atoms with E-state index in [0.29, 0.717) is 16.4 Å². The van der Waals surface area contributed by atoms with Gasteiger partial charge in [0.1, 0.15) is 0 Å². The molecule has 0 saturated heterocycles. The lowest BCUT2D eigenvalue weighted by atomic mass is 9.80. The SMILES string of the molecule is CC1CCCCC1CNC(=O)c1ccc(Br)cc1S. The Morgan fingerprint density at radius 1 is 1.42 bits per heavy atom. The highest BCUT2D eigenvalue weighted by atomic mass is 79.9. The Morgan fingerprint density at radius 2 is 2.16 bits per heavy atom. The van der Waals surface area contributed by atoms with Gasteiger partial charge in [-0.15, -0.1) is 12.6 Å².